The van der Waals surface area contributed by atoms with Crippen LogP contribution in [-0.2, 0) is 29.0 Å². The van der Waals surface area contributed by atoms with Crippen LogP contribution in [0.2, 0.25) is 0 Å². The molecule has 1 unspecified atom stereocenters. The molecule has 0 aromatic heterocycles. The highest BCUT2D eigenvalue weighted by Gasteiger charge is 2.84. The molecule has 2 N–H and O–H groups in total. The van der Waals surface area contributed by atoms with Crippen LogP contribution in [0.15, 0.2) is 0 Å². The van der Waals surface area contributed by atoms with E-state index in [9.17, 15) is 18.6 Å². The summed E-state index contributed by atoms with van der Waals surface area (Å²) in [6, 6.07) is 0. The van der Waals surface area contributed by atoms with E-state index in [4.69, 9.17) is 18.9 Å². The van der Waals surface area contributed by atoms with Crippen molar-refractivity contribution in [2.45, 2.75) is 149 Å². The van der Waals surface area contributed by atoms with Crippen molar-refractivity contribution in [1.82, 2.24) is 9.21 Å². The molecule has 3 heterocycles. The lowest BCUT2D eigenvalue weighted by atomic mass is 9.41. The molecule has 10 nitrogen and oxygen atoms in total. The van der Waals surface area contributed by atoms with E-state index < -0.39 is 27.8 Å². The van der Waals surface area contributed by atoms with E-state index in [0.717, 1.165) is 45.3 Å². The molecule has 0 aromatic carbocycles. The number of hydrogen-bond donors (Lipinski definition) is 2. The Hall–Kier alpha value is -0.370. The Kier molecular flexibility index (Phi) is 9.30. The summed E-state index contributed by atoms with van der Waals surface area (Å²) in [5.41, 5.74) is -0.676. The molecule has 0 bridgehead atoms. The molecule has 3 saturated heterocycles. The molecule has 52 heavy (non-hydrogen) atoms. The van der Waals surface area contributed by atoms with E-state index in [1.807, 2.05) is 20.8 Å². The summed E-state index contributed by atoms with van der Waals surface area (Å²) in [6.07, 6.45) is 8.80. The predicted octanol–water partition coefficient (Wildman–Crippen LogP) is 4.91. The summed E-state index contributed by atoms with van der Waals surface area (Å²) >= 11 is 0. The molecule has 298 valence electrons. The van der Waals surface area contributed by atoms with Crippen LogP contribution in [0.1, 0.15) is 107 Å². The minimum Gasteiger partial charge on any atom is -0.390 e. The molecule has 8 rings (SSSR count). The van der Waals surface area contributed by atoms with Gasteiger partial charge in [0.15, 0.2) is 6.29 Å². The number of sulfonamides is 1. The van der Waals surface area contributed by atoms with Crippen LogP contribution in [0.4, 0.5) is 0 Å². The number of rotatable bonds is 9. The van der Waals surface area contributed by atoms with Gasteiger partial charge in [0.2, 0.25) is 10.0 Å². The van der Waals surface area contributed by atoms with Gasteiger partial charge >= 0.3 is 0 Å². The highest BCUT2D eigenvalue weighted by molar-refractivity contribution is 7.88. The van der Waals surface area contributed by atoms with Crippen LogP contribution in [0.3, 0.4) is 0 Å². The average molecular weight is 751 g/mol. The van der Waals surface area contributed by atoms with Gasteiger partial charge < -0.3 is 29.2 Å². The molecular formula is C41H70N2O8S. The first kappa shape index (κ1) is 38.5. The van der Waals surface area contributed by atoms with E-state index in [-0.39, 0.29) is 52.2 Å². The maximum atomic E-state index is 12.6. The lowest BCUT2D eigenvalue weighted by Gasteiger charge is -2.64. The summed E-state index contributed by atoms with van der Waals surface area (Å²) < 4.78 is 51.6. The molecule has 5 saturated carbocycles. The fourth-order valence-electron chi connectivity index (χ4n) is 15.1. The molecule has 0 radical (unpaired) electrons. The molecule has 0 aromatic rings. The van der Waals surface area contributed by atoms with Gasteiger partial charge in [0.05, 0.1) is 42.9 Å². The second-order valence-corrected chi connectivity index (χ2v) is 22.7. The summed E-state index contributed by atoms with van der Waals surface area (Å²) in [6.45, 7) is 22.7. The topological polar surface area (TPSA) is 118 Å². The Bertz CT molecular complexity index is 1480. The third kappa shape index (κ3) is 5.46. The summed E-state index contributed by atoms with van der Waals surface area (Å²) in [4.78, 5) is 2.41. The Labute approximate surface area is 314 Å². The van der Waals surface area contributed by atoms with Crippen molar-refractivity contribution in [2.24, 2.45) is 56.7 Å². The van der Waals surface area contributed by atoms with Gasteiger partial charge in [0, 0.05) is 44.7 Å². The van der Waals surface area contributed by atoms with E-state index in [2.05, 4.69) is 39.5 Å². The number of nitrogens with zero attached hydrogens (tertiary/aromatic N) is 2. The number of morpholine rings is 1. The molecule has 14 atom stereocenters. The number of aliphatic hydroxyl groups is 2. The molecule has 3 aliphatic heterocycles. The lowest BCUT2D eigenvalue weighted by molar-refractivity contribution is -0.249. The zero-order valence-corrected chi connectivity index (χ0v) is 34.4. The van der Waals surface area contributed by atoms with Gasteiger partial charge in [-0.15, -0.1) is 0 Å². The quantitative estimate of drug-likeness (QED) is 0.339. The highest BCUT2D eigenvalue weighted by Crippen LogP contribution is 2.89. The van der Waals surface area contributed by atoms with Gasteiger partial charge in [-0.25, -0.2) is 12.7 Å². The van der Waals surface area contributed by atoms with Crippen LogP contribution < -0.4 is 0 Å². The number of fused-ring (bicyclic) bond motifs is 4. The normalized spacial score (nSPS) is 49.9. The van der Waals surface area contributed by atoms with Crippen molar-refractivity contribution in [1.29, 1.82) is 0 Å². The van der Waals surface area contributed by atoms with Crippen molar-refractivity contribution in [3.05, 3.63) is 0 Å². The summed E-state index contributed by atoms with van der Waals surface area (Å²) in [5.74, 6) is 2.08. The molecule has 2 spiro atoms. The highest BCUT2D eigenvalue weighted by atomic mass is 32.2. The second-order valence-electron chi connectivity index (χ2n) is 20.7. The Balaban J connectivity index is 0.966. The first-order chi connectivity index (χ1) is 24.2. The van der Waals surface area contributed by atoms with Gasteiger partial charge in [-0.1, -0.05) is 34.6 Å². The lowest BCUT2D eigenvalue weighted by Crippen LogP contribution is -2.60. The molecule has 11 heteroatoms. The number of ether oxygens (including phenoxy) is 4. The van der Waals surface area contributed by atoms with Gasteiger partial charge in [-0.3, -0.25) is 4.90 Å². The van der Waals surface area contributed by atoms with Crippen molar-refractivity contribution in [3.63, 3.8) is 0 Å². The van der Waals surface area contributed by atoms with E-state index in [1.54, 1.807) is 4.31 Å². The Morgan fingerprint density at radius 3 is 2.37 bits per heavy atom. The van der Waals surface area contributed by atoms with E-state index >= 15 is 0 Å². The third-order valence-corrected chi connectivity index (χ3v) is 18.7. The maximum absolute atomic E-state index is 12.6. The van der Waals surface area contributed by atoms with Crippen molar-refractivity contribution < 1.29 is 37.6 Å². The minimum absolute atomic E-state index is 0.00750. The minimum atomic E-state index is -3.10. The third-order valence-electron chi connectivity index (χ3n) is 17.5. The zero-order valence-electron chi connectivity index (χ0n) is 33.6. The maximum Gasteiger partial charge on any atom is 0.211 e. The fraction of sp³-hybridized carbons (Fsp3) is 1.00. The van der Waals surface area contributed by atoms with E-state index in [0.29, 0.717) is 55.4 Å². The summed E-state index contributed by atoms with van der Waals surface area (Å²) in [7, 11) is -3.10. The monoisotopic (exact) mass is 750 g/mol. The summed E-state index contributed by atoms with van der Waals surface area (Å²) in [5, 5.41) is 23.7. The van der Waals surface area contributed by atoms with Gasteiger partial charge in [-0.05, 0) is 123 Å². The van der Waals surface area contributed by atoms with Crippen molar-refractivity contribution in [3.8, 4) is 0 Å². The van der Waals surface area contributed by atoms with Crippen LogP contribution in [0.5, 0.6) is 0 Å². The van der Waals surface area contributed by atoms with E-state index in [1.165, 1.54) is 31.9 Å². The number of aliphatic hydroxyl groups excluding tert-OH is 1. The first-order valence-electron chi connectivity index (χ1n) is 20.8. The van der Waals surface area contributed by atoms with Gasteiger partial charge in [0.25, 0.3) is 0 Å². The van der Waals surface area contributed by atoms with Crippen molar-refractivity contribution in [2.75, 3.05) is 52.2 Å². The molecule has 0 amide bonds. The van der Waals surface area contributed by atoms with Crippen LogP contribution in [0, 0.1) is 56.7 Å². The molecule has 8 aliphatic rings. The molecular weight excluding hydrogens is 681 g/mol. The molecule has 8 fully saturated rings. The second kappa shape index (κ2) is 12.6. The van der Waals surface area contributed by atoms with Gasteiger partial charge in [-0.2, -0.15) is 0 Å². The van der Waals surface area contributed by atoms with Gasteiger partial charge in [0.1, 0.15) is 6.10 Å². The predicted molar refractivity (Wildman–Crippen MR) is 199 cm³/mol. The van der Waals surface area contributed by atoms with Crippen LogP contribution >= 0.6 is 0 Å². The van der Waals surface area contributed by atoms with Crippen molar-refractivity contribution >= 4 is 10.0 Å². The standard InChI is InChI=1S/C41H70N2O8S/c1-10-48-35(37(5,6)45)27-19-25(2)32-33(50-27)34(44)39(8)29-12-11-28-36(3,4)30(13-14-40(28)24-41(29,40)16-15-38(32,39)7)51-31-23-42(17-18-49-31)20-26-21-43(22-26)52(9,46)47/h25-35,44-45H,10-24H2,1-9H3/t25-,27-,28+,29+,30+,31+,32+,33+,34+,35+,38-,39-,40?,41+/m1/s1. The SMILES string of the molecule is CCO[C@@H]([C@H]1C[C@@H](C)[C@H]2[C@H](O1)[C@H](O)[C@@]1(C)[C@@H]3CC[C@H]4C(C)(C)[C@@H](O[C@H]5CN(CC6CN(S(C)(=O)=O)C6)CCO5)CCC45C[C@@]35CC[C@]21C)C(C)(C)O. The largest absolute Gasteiger partial charge is 0.390 e. The molecule has 5 aliphatic carbocycles. The first-order valence-corrected chi connectivity index (χ1v) is 22.7. The Morgan fingerprint density at radius 1 is 1.00 bits per heavy atom. The average Bonchev–Trinajstić information content (AvgIpc) is 3.66. The number of hydrogen-bond acceptors (Lipinski definition) is 9. The van der Waals surface area contributed by atoms with Crippen LogP contribution in [-0.4, -0.2) is 122 Å². The Morgan fingerprint density at radius 2 is 1.69 bits per heavy atom. The van der Waals surface area contributed by atoms with Crippen LogP contribution in [0.25, 0.3) is 0 Å². The fourth-order valence-corrected chi connectivity index (χ4v) is 16.0. The smallest absolute Gasteiger partial charge is 0.211 e. The zero-order chi connectivity index (χ0) is 37.4.